The summed E-state index contributed by atoms with van der Waals surface area (Å²) < 4.78 is 33.8. The summed E-state index contributed by atoms with van der Waals surface area (Å²) >= 11 is 0. The first-order valence-electron chi connectivity index (χ1n) is 16.2. The van der Waals surface area contributed by atoms with Crippen LogP contribution in [0.5, 0.6) is 17.2 Å². The second-order valence-electron chi connectivity index (χ2n) is 12.4. The van der Waals surface area contributed by atoms with Gasteiger partial charge in [-0.2, -0.15) is 0 Å². The Bertz CT molecular complexity index is 1640. The van der Waals surface area contributed by atoms with Crippen molar-refractivity contribution in [2.45, 2.75) is 103 Å². The first-order valence-corrected chi connectivity index (χ1v) is 16.2. The number of rotatable bonds is 15. The Morgan fingerprint density at radius 3 is 2.46 bits per heavy atom. The number of hydrogen-bond acceptors (Lipinski definition) is 11. The smallest absolute Gasteiger partial charge is 0.404 e. The lowest BCUT2D eigenvalue weighted by molar-refractivity contribution is -0.304. The van der Waals surface area contributed by atoms with Gasteiger partial charge >= 0.3 is 11.7 Å². The molecule has 0 radical (unpaired) electrons. The SMILES string of the molecule is CCCCCCCCCOc1cccc(C(=O)Nc2c(O)c3ccc(O[C@@H]4OC(C)(C)[C@H](OC)[C@@H](OC(N)=O)[C@H]4O)c(C)c3oc2=O)c1. The molecule has 4 rings (SSSR count). The van der Waals surface area contributed by atoms with Gasteiger partial charge in [-0.3, -0.25) is 4.79 Å². The number of benzene rings is 2. The molecule has 1 aliphatic rings. The highest BCUT2D eigenvalue weighted by atomic mass is 16.7. The van der Waals surface area contributed by atoms with Crippen LogP contribution in [-0.4, -0.2) is 66.1 Å². The van der Waals surface area contributed by atoms with E-state index in [-0.39, 0.29) is 22.3 Å². The number of aryl methyl sites for hydroxylation is 1. The number of carbonyl (C=O) groups is 2. The summed E-state index contributed by atoms with van der Waals surface area (Å²) in [6.07, 6.45) is 2.04. The topological polar surface area (TPSA) is 189 Å². The molecule has 1 aromatic heterocycles. The molecule has 0 aliphatic carbocycles. The van der Waals surface area contributed by atoms with Crippen molar-refractivity contribution in [2.24, 2.45) is 5.73 Å². The number of ether oxygens (including phenoxy) is 5. The van der Waals surface area contributed by atoms with E-state index < -0.39 is 59.3 Å². The molecule has 4 atom stereocenters. The largest absolute Gasteiger partial charge is 0.505 e. The van der Waals surface area contributed by atoms with Gasteiger partial charge in [0, 0.05) is 18.2 Å². The molecule has 0 bridgehead atoms. The number of anilines is 1. The van der Waals surface area contributed by atoms with E-state index in [0.29, 0.717) is 17.9 Å². The Morgan fingerprint density at radius 2 is 1.77 bits per heavy atom. The number of amides is 2. The van der Waals surface area contributed by atoms with Crippen LogP contribution in [-0.2, 0) is 14.2 Å². The van der Waals surface area contributed by atoms with Gasteiger partial charge in [0.1, 0.15) is 23.2 Å². The highest BCUT2D eigenvalue weighted by molar-refractivity contribution is 6.06. The third-order valence-electron chi connectivity index (χ3n) is 8.37. The summed E-state index contributed by atoms with van der Waals surface area (Å²) in [6.45, 7) is 7.63. The molecule has 13 nitrogen and oxygen atoms in total. The summed E-state index contributed by atoms with van der Waals surface area (Å²) in [5, 5.41) is 24.6. The molecule has 48 heavy (non-hydrogen) atoms. The molecule has 1 aliphatic heterocycles. The lowest BCUT2D eigenvalue weighted by Gasteiger charge is -2.47. The highest BCUT2D eigenvalue weighted by Crippen LogP contribution is 2.38. The number of nitrogens with one attached hydrogen (secondary N) is 1. The van der Waals surface area contributed by atoms with Crippen molar-refractivity contribution in [3.8, 4) is 17.2 Å². The van der Waals surface area contributed by atoms with Crippen LogP contribution in [0.4, 0.5) is 10.5 Å². The second kappa shape index (κ2) is 16.2. The number of methoxy groups -OCH3 is 1. The quantitative estimate of drug-likeness (QED) is 0.117. The van der Waals surface area contributed by atoms with Gasteiger partial charge in [-0.15, -0.1) is 0 Å². The van der Waals surface area contributed by atoms with E-state index in [1.807, 2.05) is 0 Å². The average molecular weight is 671 g/mol. The Morgan fingerprint density at radius 1 is 1.06 bits per heavy atom. The predicted molar refractivity (Wildman–Crippen MR) is 178 cm³/mol. The van der Waals surface area contributed by atoms with Gasteiger partial charge in [0.2, 0.25) is 6.29 Å². The number of unbranched alkanes of at least 4 members (excludes halogenated alkanes) is 6. The van der Waals surface area contributed by atoms with E-state index in [4.69, 9.17) is 33.8 Å². The van der Waals surface area contributed by atoms with Gasteiger partial charge in [0.05, 0.1) is 17.6 Å². The molecule has 3 aromatic rings. The summed E-state index contributed by atoms with van der Waals surface area (Å²) in [4.78, 5) is 37.7. The average Bonchev–Trinajstić information content (AvgIpc) is 3.04. The van der Waals surface area contributed by atoms with E-state index in [2.05, 4.69) is 12.2 Å². The van der Waals surface area contributed by atoms with Gasteiger partial charge in [-0.05, 0) is 57.5 Å². The molecule has 5 N–H and O–H groups in total. The minimum absolute atomic E-state index is 0.0157. The van der Waals surface area contributed by atoms with Crippen LogP contribution >= 0.6 is 0 Å². The molecule has 0 unspecified atom stereocenters. The predicted octanol–water partition coefficient (Wildman–Crippen LogP) is 5.54. The Kier molecular flexibility index (Phi) is 12.3. The number of aromatic hydroxyl groups is 1. The molecular formula is C35H46N2O11. The number of aliphatic hydroxyl groups excluding tert-OH is 1. The molecule has 13 heteroatoms. The lowest BCUT2D eigenvalue weighted by atomic mass is 9.89. The van der Waals surface area contributed by atoms with Crippen LogP contribution in [0.1, 0.15) is 81.6 Å². The number of hydrogen-bond donors (Lipinski definition) is 4. The molecule has 0 saturated carbocycles. The van der Waals surface area contributed by atoms with Gasteiger partial charge in [0.15, 0.2) is 23.6 Å². The van der Waals surface area contributed by atoms with Crippen LogP contribution in [0.25, 0.3) is 11.0 Å². The van der Waals surface area contributed by atoms with Crippen LogP contribution < -0.4 is 26.1 Å². The van der Waals surface area contributed by atoms with Crippen molar-refractivity contribution in [2.75, 3.05) is 19.0 Å². The van der Waals surface area contributed by atoms with Crippen LogP contribution in [0, 0.1) is 6.92 Å². The molecule has 1 saturated heterocycles. The fraction of sp³-hybridized carbons (Fsp3) is 0.514. The molecule has 2 aromatic carbocycles. The molecule has 1 fully saturated rings. The third-order valence-corrected chi connectivity index (χ3v) is 8.37. The zero-order valence-corrected chi connectivity index (χ0v) is 28.1. The molecule has 262 valence electrons. The van der Waals surface area contributed by atoms with Gasteiger partial charge in [-0.1, -0.05) is 51.5 Å². The number of aliphatic hydroxyl groups is 1. The van der Waals surface area contributed by atoms with E-state index in [9.17, 15) is 24.6 Å². The first kappa shape index (κ1) is 36.5. The highest BCUT2D eigenvalue weighted by Gasteiger charge is 2.53. The maximum atomic E-state index is 13.1. The van der Waals surface area contributed by atoms with Crippen molar-refractivity contribution in [3.05, 3.63) is 57.9 Å². The lowest BCUT2D eigenvalue weighted by Crippen LogP contribution is -2.65. The maximum Gasteiger partial charge on any atom is 0.404 e. The Balaban J connectivity index is 1.47. The molecule has 2 heterocycles. The molecular weight excluding hydrogens is 624 g/mol. The number of primary amides is 1. The Hall–Kier alpha value is -4.33. The van der Waals surface area contributed by atoms with Crippen molar-refractivity contribution < 1.29 is 47.9 Å². The van der Waals surface area contributed by atoms with E-state index in [1.54, 1.807) is 45.0 Å². The summed E-state index contributed by atoms with van der Waals surface area (Å²) in [5.74, 6) is -0.470. The van der Waals surface area contributed by atoms with Gasteiger partial charge in [-0.25, -0.2) is 9.59 Å². The maximum absolute atomic E-state index is 13.1. The fourth-order valence-corrected chi connectivity index (χ4v) is 5.83. The Labute approximate surface area is 279 Å². The van der Waals surface area contributed by atoms with E-state index in [1.165, 1.54) is 44.9 Å². The van der Waals surface area contributed by atoms with Crippen molar-refractivity contribution in [1.29, 1.82) is 0 Å². The van der Waals surface area contributed by atoms with Crippen LogP contribution in [0.15, 0.2) is 45.6 Å². The van der Waals surface area contributed by atoms with Crippen LogP contribution in [0.3, 0.4) is 0 Å². The summed E-state index contributed by atoms with van der Waals surface area (Å²) in [5.41, 5.74) is 3.22. The van der Waals surface area contributed by atoms with E-state index >= 15 is 0 Å². The third kappa shape index (κ3) is 8.57. The molecule has 2 amide bonds. The minimum Gasteiger partial charge on any atom is -0.505 e. The van der Waals surface area contributed by atoms with Crippen LogP contribution in [0.2, 0.25) is 0 Å². The summed E-state index contributed by atoms with van der Waals surface area (Å²) in [6, 6.07) is 9.47. The summed E-state index contributed by atoms with van der Waals surface area (Å²) in [7, 11) is 1.38. The monoisotopic (exact) mass is 670 g/mol. The normalized spacial score (nSPS) is 20.3. The van der Waals surface area contributed by atoms with E-state index in [0.717, 1.165) is 19.3 Å². The van der Waals surface area contributed by atoms with Crippen molar-refractivity contribution in [1.82, 2.24) is 0 Å². The van der Waals surface area contributed by atoms with Crippen molar-refractivity contribution in [3.63, 3.8) is 0 Å². The first-order chi connectivity index (χ1) is 22.9. The zero-order valence-electron chi connectivity index (χ0n) is 28.1. The van der Waals surface area contributed by atoms with Crippen molar-refractivity contribution >= 4 is 28.7 Å². The fourth-order valence-electron chi connectivity index (χ4n) is 5.83. The number of nitrogens with two attached hydrogens (primary N) is 1. The number of fused-ring (bicyclic) bond motifs is 1. The minimum atomic E-state index is -1.51. The molecule has 0 spiro atoms. The van der Waals surface area contributed by atoms with Gasteiger partial charge < -0.3 is 49.4 Å². The zero-order chi connectivity index (χ0) is 35.0. The number of carbonyl (C=O) groups excluding carboxylic acids is 2. The standard InChI is InChI=1S/C35H46N2O11/c1-6-7-8-9-10-11-12-18-44-22-15-13-14-21(19-22)31(40)37-25-26(38)23-16-17-24(20(2)28(23)46-32(25)41)45-33-27(39)29(47-34(36)42)30(43-5)35(3,4)48-33/h13-17,19,27,29-30,33,38-39H,6-12,18H2,1-5H3,(H2,36,42)(H,37,40)/t27-,29+,30-,33-/m1/s1. The second-order valence-corrected chi connectivity index (χ2v) is 12.4. The van der Waals surface area contributed by atoms with Gasteiger partial charge in [0.25, 0.3) is 5.91 Å².